The van der Waals surface area contributed by atoms with Crippen LogP contribution < -0.4 is 5.32 Å². The van der Waals surface area contributed by atoms with Crippen molar-refractivity contribution in [3.8, 4) is 0 Å². The van der Waals surface area contributed by atoms with E-state index in [-0.39, 0.29) is 24.2 Å². The van der Waals surface area contributed by atoms with Crippen molar-refractivity contribution in [3.63, 3.8) is 0 Å². The Hall–Kier alpha value is -2.74. The second-order valence-electron chi connectivity index (χ2n) is 5.23. The first-order chi connectivity index (χ1) is 11.6. The molecule has 0 aliphatic carbocycles. The topological polar surface area (TPSA) is 106 Å². The number of hydrogen-bond acceptors (Lipinski definition) is 5. The van der Waals surface area contributed by atoms with Gasteiger partial charge in [0.05, 0.1) is 12.3 Å². The number of carbonyl (C=O) groups is 2. The molecule has 0 fully saturated rings. The lowest BCUT2D eigenvalue weighted by molar-refractivity contribution is -0.121. The van der Waals surface area contributed by atoms with Crippen molar-refractivity contribution in [3.05, 3.63) is 47.8 Å². The Balaban J connectivity index is 1.61. The van der Waals surface area contributed by atoms with E-state index in [0.717, 1.165) is 5.56 Å². The van der Waals surface area contributed by atoms with Gasteiger partial charge in [-0.3, -0.25) is 4.79 Å². The van der Waals surface area contributed by atoms with Crippen molar-refractivity contribution < 1.29 is 19.4 Å². The minimum atomic E-state index is -1.17. The molecule has 2 N–H and O–H groups in total. The number of aromatic carboxylic acids is 1. The summed E-state index contributed by atoms with van der Waals surface area (Å²) in [5.41, 5.74) is 0.924. The fraction of sp³-hybridized carbons (Fsp3) is 0.375. The van der Waals surface area contributed by atoms with E-state index >= 15 is 0 Å². The molecule has 8 nitrogen and oxygen atoms in total. The molecule has 1 heterocycles. The lowest BCUT2D eigenvalue weighted by Crippen LogP contribution is -2.29. The summed E-state index contributed by atoms with van der Waals surface area (Å²) in [7, 11) is 0. The molecule has 8 heteroatoms. The van der Waals surface area contributed by atoms with Crippen molar-refractivity contribution in [2.75, 3.05) is 13.2 Å². The molecular weight excluding hydrogens is 312 g/mol. The van der Waals surface area contributed by atoms with Gasteiger partial charge in [0.25, 0.3) is 0 Å². The second kappa shape index (κ2) is 8.78. The molecule has 0 bridgehead atoms. The van der Waals surface area contributed by atoms with Crippen LogP contribution >= 0.6 is 0 Å². The number of carbonyl (C=O) groups excluding carboxylic acids is 1. The smallest absolute Gasteiger partial charge is 0.358 e. The van der Waals surface area contributed by atoms with Gasteiger partial charge < -0.3 is 15.2 Å². The van der Waals surface area contributed by atoms with Gasteiger partial charge in [-0.2, -0.15) is 0 Å². The van der Waals surface area contributed by atoms with E-state index < -0.39 is 5.97 Å². The maximum Gasteiger partial charge on any atom is 0.358 e. The van der Waals surface area contributed by atoms with Crippen molar-refractivity contribution in [1.82, 2.24) is 20.3 Å². The lowest BCUT2D eigenvalue weighted by atomic mass is 10.1. The van der Waals surface area contributed by atoms with Gasteiger partial charge in [-0.1, -0.05) is 35.5 Å². The Labute approximate surface area is 139 Å². The fourth-order valence-electron chi connectivity index (χ4n) is 2.06. The van der Waals surface area contributed by atoms with E-state index in [2.05, 4.69) is 15.6 Å². The third kappa shape index (κ3) is 5.47. The number of rotatable bonds is 9. The number of ether oxygens (including phenoxy) is 1. The highest BCUT2D eigenvalue weighted by Gasteiger charge is 2.10. The molecule has 1 atom stereocenters. The monoisotopic (exact) mass is 332 g/mol. The average Bonchev–Trinajstić information content (AvgIpc) is 3.04. The van der Waals surface area contributed by atoms with Crippen molar-refractivity contribution >= 4 is 11.9 Å². The first-order valence-electron chi connectivity index (χ1n) is 7.63. The standard InChI is InChI=1S/C16H20N4O4/c1-12(13-6-3-2-4-7-13)24-9-5-8-17-15(21)11-20-10-14(16(22)23)18-19-20/h2-4,6-7,10,12H,5,8-9,11H2,1H3,(H,17,21)(H,22,23). The summed E-state index contributed by atoms with van der Waals surface area (Å²) >= 11 is 0. The van der Waals surface area contributed by atoms with Crippen molar-refractivity contribution in [2.45, 2.75) is 26.0 Å². The zero-order valence-corrected chi connectivity index (χ0v) is 13.4. The summed E-state index contributed by atoms with van der Waals surface area (Å²) in [6.07, 6.45) is 1.90. The molecule has 1 unspecified atom stereocenters. The van der Waals surface area contributed by atoms with Crippen LogP contribution in [-0.2, 0) is 16.1 Å². The molecule has 0 aliphatic rings. The Morgan fingerprint density at radius 2 is 2.08 bits per heavy atom. The van der Waals surface area contributed by atoms with E-state index in [9.17, 15) is 9.59 Å². The van der Waals surface area contributed by atoms with E-state index in [1.54, 1.807) is 0 Å². The molecule has 0 saturated carbocycles. The van der Waals surface area contributed by atoms with Crippen molar-refractivity contribution in [1.29, 1.82) is 0 Å². The highest BCUT2D eigenvalue weighted by molar-refractivity contribution is 5.84. The van der Waals surface area contributed by atoms with Gasteiger partial charge >= 0.3 is 5.97 Å². The first-order valence-corrected chi connectivity index (χ1v) is 7.63. The number of benzene rings is 1. The van der Waals surface area contributed by atoms with Gasteiger partial charge in [0, 0.05) is 13.2 Å². The molecule has 24 heavy (non-hydrogen) atoms. The minimum Gasteiger partial charge on any atom is -0.476 e. The summed E-state index contributed by atoms with van der Waals surface area (Å²) in [6, 6.07) is 9.91. The summed E-state index contributed by atoms with van der Waals surface area (Å²) in [4.78, 5) is 22.4. The third-order valence-corrected chi connectivity index (χ3v) is 3.34. The highest BCUT2D eigenvalue weighted by atomic mass is 16.5. The Kier molecular flexibility index (Phi) is 6.44. The first kappa shape index (κ1) is 17.6. The number of carboxylic acids is 1. The van der Waals surface area contributed by atoms with Crippen LogP contribution in [0.25, 0.3) is 0 Å². The number of nitrogens with one attached hydrogen (secondary N) is 1. The normalized spacial score (nSPS) is 11.9. The SMILES string of the molecule is CC(OCCCNC(=O)Cn1cc(C(=O)O)nn1)c1ccccc1. The number of carboxylic acid groups (broad SMARTS) is 1. The molecule has 0 aliphatic heterocycles. The number of nitrogens with zero attached hydrogens (tertiary/aromatic N) is 3. The quantitative estimate of drug-likeness (QED) is 0.670. The minimum absolute atomic E-state index is 0.00601. The fourth-order valence-corrected chi connectivity index (χ4v) is 2.06. The van der Waals surface area contributed by atoms with Crippen LogP contribution in [-0.4, -0.2) is 45.1 Å². The van der Waals surface area contributed by atoms with Crippen molar-refractivity contribution in [2.24, 2.45) is 0 Å². The maximum atomic E-state index is 11.7. The number of aromatic nitrogens is 3. The molecule has 2 rings (SSSR count). The van der Waals surface area contributed by atoms with E-state index in [1.807, 2.05) is 37.3 Å². The van der Waals surface area contributed by atoms with E-state index in [4.69, 9.17) is 9.84 Å². The Morgan fingerprint density at radius 1 is 1.33 bits per heavy atom. The molecule has 2 aromatic rings. The predicted octanol–water partition coefficient (Wildman–Crippen LogP) is 1.26. The highest BCUT2D eigenvalue weighted by Crippen LogP contribution is 2.15. The average molecular weight is 332 g/mol. The second-order valence-corrected chi connectivity index (χ2v) is 5.23. The summed E-state index contributed by atoms with van der Waals surface area (Å²) in [6.45, 7) is 2.92. The van der Waals surface area contributed by atoms with Crippen LogP contribution in [0.15, 0.2) is 36.5 Å². The summed E-state index contributed by atoms with van der Waals surface area (Å²) < 4.78 is 6.90. The molecular formula is C16H20N4O4. The molecule has 1 aromatic carbocycles. The van der Waals surface area contributed by atoms with E-state index in [0.29, 0.717) is 19.6 Å². The molecule has 1 aromatic heterocycles. The zero-order valence-electron chi connectivity index (χ0n) is 13.4. The summed E-state index contributed by atoms with van der Waals surface area (Å²) in [5, 5.41) is 18.5. The van der Waals surface area contributed by atoms with E-state index in [1.165, 1.54) is 10.9 Å². The van der Waals surface area contributed by atoms with Gasteiger partial charge in [0.2, 0.25) is 5.91 Å². The van der Waals surface area contributed by atoms with Gasteiger partial charge in [-0.25, -0.2) is 9.48 Å². The Morgan fingerprint density at radius 3 is 2.75 bits per heavy atom. The third-order valence-electron chi connectivity index (χ3n) is 3.34. The molecule has 0 spiro atoms. The molecule has 1 amide bonds. The maximum absolute atomic E-state index is 11.7. The predicted molar refractivity (Wildman–Crippen MR) is 85.4 cm³/mol. The largest absolute Gasteiger partial charge is 0.476 e. The van der Waals surface area contributed by atoms with Crippen LogP contribution in [0.1, 0.15) is 35.5 Å². The van der Waals surface area contributed by atoms with Crippen LogP contribution in [0, 0.1) is 0 Å². The molecule has 0 radical (unpaired) electrons. The van der Waals surface area contributed by atoms with Crippen LogP contribution in [0.5, 0.6) is 0 Å². The molecule has 0 saturated heterocycles. The zero-order chi connectivity index (χ0) is 17.4. The van der Waals surface area contributed by atoms with Gasteiger partial charge in [-0.15, -0.1) is 5.10 Å². The van der Waals surface area contributed by atoms with Crippen LogP contribution in [0.3, 0.4) is 0 Å². The lowest BCUT2D eigenvalue weighted by Gasteiger charge is -2.13. The molecule has 128 valence electrons. The van der Waals surface area contributed by atoms with Crippen LogP contribution in [0.2, 0.25) is 0 Å². The number of amides is 1. The number of hydrogen-bond donors (Lipinski definition) is 2. The van der Waals surface area contributed by atoms with Gasteiger partial charge in [-0.05, 0) is 18.9 Å². The van der Waals surface area contributed by atoms with Gasteiger partial charge in [0.15, 0.2) is 5.69 Å². The van der Waals surface area contributed by atoms with Crippen LogP contribution in [0.4, 0.5) is 0 Å². The Bertz CT molecular complexity index is 672. The van der Waals surface area contributed by atoms with Gasteiger partial charge in [0.1, 0.15) is 6.54 Å². The summed E-state index contributed by atoms with van der Waals surface area (Å²) in [5.74, 6) is -1.43.